The van der Waals surface area contributed by atoms with Crippen molar-refractivity contribution >= 4 is 5.97 Å². The van der Waals surface area contributed by atoms with Crippen molar-refractivity contribution in [1.82, 2.24) is 9.55 Å². The summed E-state index contributed by atoms with van der Waals surface area (Å²) in [6, 6.07) is 5.74. The van der Waals surface area contributed by atoms with E-state index in [1.54, 1.807) is 16.7 Å². The average Bonchev–Trinajstić information content (AvgIpc) is 3.07. The van der Waals surface area contributed by atoms with Crippen molar-refractivity contribution in [2.45, 2.75) is 24.7 Å². The molecule has 2 aromatic rings. The van der Waals surface area contributed by atoms with Crippen LogP contribution in [0.2, 0.25) is 0 Å². The van der Waals surface area contributed by atoms with Crippen LogP contribution in [0.4, 0.5) is 4.39 Å². The van der Waals surface area contributed by atoms with Crippen LogP contribution in [-0.4, -0.2) is 46.0 Å². The minimum absolute atomic E-state index is 0.0457. The van der Waals surface area contributed by atoms with E-state index in [1.807, 2.05) is 12.2 Å². The van der Waals surface area contributed by atoms with Gasteiger partial charge in [-0.15, -0.1) is 0 Å². The Morgan fingerprint density at radius 3 is 2.72 bits per heavy atom. The molecule has 25 heavy (non-hydrogen) atoms. The lowest BCUT2D eigenvalue weighted by Crippen LogP contribution is -2.40. The molecule has 3 atom stereocenters. The van der Waals surface area contributed by atoms with E-state index in [2.05, 4.69) is 4.98 Å². The number of hydrogen-bond acceptors (Lipinski definition) is 4. The SMILES string of the molecule is O=C(O)c1cn(C2C=CC3OCCOC3C2)c(-c2ccc(F)cc2)n1. The van der Waals surface area contributed by atoms with Crippen LogP contribution in [0.25, 0.3) is 11.4 Å². The van der Waals surface area contributed by atoms with Crippen LogP contribution in [0.3, 0.4) is 0 Å². The van der Waals surface area contributed by atoms with Gasteiger partial charge in [-0.05, 0) is 24.3 Å². The lowest BCUT2D eigenvalue weighted by atomic mass is 9.96. The van der Waals surface area contributed by atoms with Crippen LogP contribution in [0, 0.1) is 5.82 Å². The smallest absolute Gasteiger partial charge is 0.356 e. The second-order valence-electron chi connectivity index (χ2n) is 6.10. The molecule has 1 saturated heterocycles. The molecular formula is C18H17FN2O4. The van der Waals surface area contributed by atoms with E-state index in [9.17, 15) is 14.3 Å². The van der Waals surface area contributed by atoms with E-state index >= 15 is 0 Å². The fourth-order valence-corrected chi connectivity index (χ4v) is 3.29. The molecule has 0 saturated carbocycles. The molecule has 4 rings (SSSR count). The second-order valence-corrected chi connectivity index (χ2v) is 6.10. The van der Waals surface area contributed by atoms with E-state index in [4.69, 9.17) is 9.47 Å². The topological polar surface area (TPSA) is 73.6 Å². The molecule has 0 radical (unpaired) electrons. The molecule has 3 unspecified atom stereocenters. The summed E-state index contributed by atoms with van der Waals surface area (Å²) >= 11 is 0. The third kappa shape index (κ3) is 3.08. The van der Waals surface area contributed by atoms with Gasteiger partial charge in [0.2, 0.25) is 0 Å². The Hall–Kier alpha value is -2.51. The number of aromatic carboxylic acids is 1. The van der Waals surface area contributed by atoms with E-state index in [1.165, 1.54) is 18.3 Å². The van der Waals surface area contributed by atoms with Gasteiger partial charge in [0.1, 0.15) is 17.7 Å². The highest BCUT2D eigenvalue weighted by Crippen LogP contribution is 2.32. The predicted molar refractivity (Wildman–Crippen MR) is 86.9 cm³/mol. The summed E-state index contributed by atoms with van der Waals surface area (Å²) < 4.78 is 26.5. The summed E-state index contributed by atoms with van der Waals surface area (Å²) in [4.78, 5) is 15.6. The van der Waals surface area contributed by atoms with Crippen molar-refractivity contribution in [2.75, 3.05) is 13.2 Å². The van der Waals surface area contributed by atoms with Crippen molar-refractivity contribution in [3.05, 3.63) is 54.1 Å². The average molecular weight is 344 g/mol. The van der Waals surface area contributed by atoms with Crippen molar-refractivity contribution in [3.8, 4) is 11.4 Å². The first kappa shape index (κ1) is 16.0. The first-order valence-corrected chi connectivity index (χ1v) is 8.11. The van der Waals surface area contributed by atoms with Gasteiger partial charge in [0.05, 0.1) is 25.4 Å². The molecule has 1 aromatic heterocycles. The molecule has 1 aliphatic carbocycles. The van der Waals surface area contributed by atoms with Crippen LogP contribution >= 0.6 is 0 Å². The number of halogens is 1. The van der Waals surface area contributed by atoms with Gasteiger partial charge >= 0.3 is 5.97 Å². The van der Waals surface area contributed by atoms with Gasteiger partial charge < -0.3 is 19.1 Å². The number of aromatic nitrogens is 2. The quantitative estimate of drug-likeness (QED) is 0.867. The third-order valence-electron chi connectivity index (χ3n) is 4.50. The Kier molecular flexibility index (Phi) is 4.10. The van der Waals surface area contributed by atoms with Crippen molar-refractivity contribution in [2.24, 2.45) is 0 Å². The van der Waals surface area contributed by atoms with Crippen molar-refractivity contribution < 1.29 is 23.8 Å². The summed E-state index contributed by atoms with van der Waals surface area (Å²) in [5, 5.41) is 9.30. The van der Waals surface area contributed by atoms with Crippen LogP contribution in [-0.2, 0) is 9.47 Å². The van der Waals surface area contributed by atoms with Gasteiger partial charge in [-0.1, -0.05) is 12.2 Å². The Morgan fingerprint density at radius 1 is 1.20 bits per heavy atom. The zero-order valence-electron chi connectivity index (χ0n) is 13.3. The molecule has 1 aliphatic heterocycles. The zero-order valence-corrected chi connectivity index (χ0v) is 13.3. The number of hydrogen-bond donors (Lipinski definition) is 1. The summed E-state index contributed by atoms with van der Waals surface area (Å²) in [6.07, 6.45) is 5.97. The van der Waals surface area contributed by atoms with Gasteiger partial charge in [-0.25, -0.2) is 14.2 Å². The Bertz CT molecular complexity index is 815. The lowest BCUT2D eigenvalue weighted by Gasteiger charge is -2.35. The molecule has 1 N–H and O–H groups in total. The molecule has 2 heterocycles. The second kappa shape index (κ2) is 6.42. The fraction of sp³-hybridized carbons (Fsp3) is 0.333. The number of benzene rings is 1. The highest BCUT2D eigenvalue weighted by atomic mass is 19.1. The number of ether oxygens (including phenoxy) is 2. The molecule has 0 amide bonds. The van der Waals surface area contributed by atoms with Crippen LogP contribution in [0.1, 0.15) is 23.0 Å². The van der Waals surface area contributed by atoms with Crippen LogP contribution in [0.15, 0.2) is 42.6 Å². The molecule has 0 spiro atoms. The largest absolute Gasteiger partial charge is 0.476 e. The van der Waals surface area contributed by atoms with Gasteiger partial charge in [0.25, 0.3) is 0 Å². The summed E-state index contributed by atoms with van der Waals surface area (Å²) in [5.41, 5.74) is 0.612. The number of fused-ring (bicyclic) bond motifs is 1. The third-order valence-corrected chi connectivity index (χ3v) is 4.50. The molecular weight excluding hydrogens is 327 g/mol. The van der Waals surface area contributed by atoms with Crippen LogP contribution < -0.4 is 0 Å². The normalized spacial score (nSPS) is 25.6. The molecule has 0 bridgehead atoms. The predicted octanol–water partition coefficient (Wildman–Crippen LogP) is 2.67. The summed E-state index contributed by atoms with van der Waals surface area (Å²) in [7, 11) is 0. The number of rotatable bonds is 3. The van der Waals surface area contributed by atoms with Crippen molar-refractivity contribution in [1.29, 1.82) is 0 Å². The number of allylic oxidation sites excluding steroid dienone is 1. The molecule has 130 valence electrons. The van der Waals surface area contributed by atoms with Crippen molar-refractivity contribution in [3.63, 3.8) is 0 Å². The molecule has 2 aliphatic rings. The minimum Gasteiger partial charge on any atom is -0.476 e. The van der Waals surface area contributed by atoms with E-state index in [-0.39, 0.29) is 29.8 Å². The minimum atomic E-state index is -1.10. The van der Waals surface area contributed by atoms with Gasteiger partial charge in [-0.2, -0.15) is 0 Å². The highest BCUT2D eigenvalue weighted by molar-refractivity contribution is 5.86. The summed E-state index contributed by atoms with van der Waals surface area (Å²) in [6.45, 7) is 1.13. The standard InChI is InChI=1S/C18H17FN2O4/c19-12-3-1-11(2-4-12)17-20-14(18(22)23)10-21(17)13-5-6-15-16(9-13)25-8-7-24-15/h1-6,10,13,15-16H,7-9H2,(H,22,23). The monoisotopic (exact) mass is 344 g/mol. The van der Waals surface area contributed by atoms with Crippen LogP contribution in [0.5, 0.6) is 0 Å². The first-order chi connectivity index (χ1) is 12.1. The number of imidazole rings is 1. The Balaban J connectivity index is 1.73. The number of nitrogens with zero attached hydrogens (tertiary/aromatic N) is 2. The fourth-order valence-electron chi connectivity index (χ4n) is 3.29. The first-order valence-electron chi connectivity index (χ1n) is 8.11. The maximum atomic E-state index is 13.2. The number of carboxylic acid groups (broad SMARTS) is 1. The summed E-state index contributed by atoms with van der Waals surface area (Å²) in [5.74, 6) is -0.965. The lowest BCUT2D eigenvalue weighted by molar-refractivity contribution is -0.129. The number of carbonyl (C=O) groups is 1. The van der Waals surface area contributed by atoms with Gasteiger partial charge in [0, 0.05) is 18.2 Å². The number of carboxylic acids is 1. The Labute approximate surface area is 143 Å². The zero-order chi connectivity index (χ0) is 17.4. The molecule has 1 fully saturated rings. The molecule has 1 aromatic carbocycles. The highest BCUT2D eigenvalue weighted by Gasteiger charge is 2.32. The maximum Gasteiger partial charge on any atom is 0.356 e. The van der Waals surface area contributed by atoms with E-state index in [0.29, 0.717) is 31.0 Å². The maximum absolute atomic E-state index is 13.2. The Morgan fingerprint density at radius 2 is 1.96 bits per heavy atom. The van der Waals surface area contributed by atoms with E-state index < -0.39 is 5.97 Å². The van der Waals surface area contributed by atoms with E-state index in [0.717, 1.165) is 0 Å². The van der Waals surface area contributed by atoms with Gasteiger partial charge in [0.15, 0.2) is 5.69 Å². The molecule has 6 nitrogen and oxygen atoms in total. The molecule has 7 heteroatoms. The van der Waals surface area contributed by atoms with Gasteiger partial charge in [-0.3, -0.25) is 0 Å².